The Morgan fingerprint density at radius 1 is 0.658 bits per heavy atom. The van der Waals surface area contributed by atoms with Crippen molar-refractivity contribution in [1.29, 1.82) is 10.5 Å². The summed E-state index contributed by atoms with van der Waals surface area (Å²) in [7, 11) is 0. The third-order valence-electron chi connectivity index (χ3n) is 12.9. The third-order valence-corrected chi connectivity index (χ3v) is 25.3. The Hall–Kier alpha value is -9.60. The summed E-state index contributed by atoms with van der Waals surface area (Å²) in [5.41, 5.74) is 18.6. The molecule has 0 spiro atoms. The van der Waals surface area contributed by atoms with Gasteiger partial charge < -0.3 is 9.13 Å². The molecule has 0 amide bonds. The first-order valence-electron chi connectivity index (χ1n) is 25.6. The fraction of sp³-hybridized carbons (Fsp3) is 0.314. The van der Waals surface area contributed by atoms with Crippen LogP contribution in [0.4, 0.5) is 0 Å². The molecule has 398 valence electrons. The van der Waals surface area contributed by atoms with Gasteiger partial charge in [0.1, 0.15) is 16.6 Å². The second-order valence-corrected chi connectivity index (χ2v) is 29.8. The molecule has 0 bridgehead atoms. The van der Waals surface area contributed by atoms with Crippen LogP contribution in [0.2, 0.25) is 13.3 Å². The van der Waals surface area contributed by atoms with Crippen molar-refractivity contribution in [3.8, 4) is 12.1 Å². The number of allylic oxidation sites excluding steroid dienone is 1. The van der Waals surface area contributed by atoms with E-state index in [2.05, 4.69) is 142 Å². The van der Waals surface area contributed by atoms with E-state index in [1.165, 1.54) is 57.9 Å². The van der Waals surface area contributed by atoms with Crippen LogP contribution in [0.1, 0.15) is 71.5 Å². The Kier molecular flexibility index (Phi) is 17.8. The van der Waals surface area contributed by atoms with Gasteiger partial charge >= 0.3 is 105 Å². The molecule has 10 heterocycles. The number of nitrogens with one attached hydrogen (secondary N) is 2. The maximum atomic E-state index is 8.81. The average Bonchev–Trinajstić information content (AvgIpc) is 4.58. The van der Waals surface area contributed by atoms with Crippen LogP contribution in [0.3, 0.4) is 0 Å². The van der Waals surface area contributed by atoms with Crippen molar-refractivity contribution in [1.82, 2.24) is 95.6 Å². The molecule has 0 saturated heterocycles. The molecule has 0 unspecified atom stereocenters. The van der Waals surface area contributed by atoms with Gasteiger partial charge in [-0.25, -0.2) is 44.1 Å². The minimum Gasteiger partial charge on any atom is -0.323 e. The first-order valence-corrected chi connectivity index (χ1v) is 33.0. The normalized spacial score (nSPS) is 11.2. The van der Waals surface area contributed by atoms with E-state index in [0.29, 0.717) is 76.9 Å². The summed E-state index contributed by atoms with van der Waals surface area (Å²) in [5, 5.41) is 54.6. The monoisotopic (exact) mass is 1170 g/mol. The first-order chi connectivity index (χ1) is 38.9. The van der Waals surface area contributed by atoms with Gasteiger partial charge in [0.25, 0.3) is 0 Å². The van der Waals surface area contributed by atoms with Gasteiger partial charge in [-0.15, -0.1) is 10.2 Å². The Bertz CT molecular complexity index is 4270. The molecular formula is C51H52N24O3Sn. The number of nitriles is 2. The van der Waals surface area contributed by atoms with E-state index < -0.39 is 18.7 Å². The number of azide groups is 1. The number of fused-ring (bicyclic) bond motifs is 12. The summed E-state index contributed by atoms with van der Waals surface area (Å²) >= 11 is -2.45. The predicted octanol–water partition coefficient (Wildman–Crippen LogP) is 10.9. The molecule has 0 radical (unpaired) electrons. The molecule has 2 N–H and O–H groups in total. The maximum Gasteiger partial charge on any atom is 0.245 e. The number of tetrazole rings is 1. The van der Waals surface area contributed by atoms with E-state index in [0.717, 1.165) is 54.9 Å². The van der Waals surface area contributed by atoms with Crippen molar-refractivity contribution < 1.29 is 13.9 Å². The fourth-order valence-electron chi connectivity index (χ4n) is 9.10. The number of hydrogen-bond acceptors (Lipinski definition) is 21. The minimum absolute atomic E-state index is 0.374. The van der Waals surface area contributed by atoms with E-state index in [1.54, 1.807) is 6.07 Å². The zero-order chi connectivity index (χ0) is 55.0. The summed E-state index contributed by atoms with van der Waals surface area (Å²) in [4.78, 5) is 34.2. The van der Waals surface area contributed by atoms with Crippen LogP contribution >= 0.6 is 0 Å². The standard InChI is InChI=1S/C13H9N9O.C13H8N6O.C10H5N5O.3C4H9.C3H3N.N3.Sn/c1-2-4-8-7(3-1)10-13(15-12-11(14-10)18-23-19-12)22(8)6-5-9-16-20-21-17-9;14-6-3-7-19-9-5-2-1-4-8(9)10-13(19)16-12-11(15-10)17-20-18-12;1-2-4-6-5(3-1)7-8(11-6)13-10-9(12-7)14-16-15-10;3*1-3-4-2;1-2-3-4;1-3-2;/h1-4H,5-6H2,(H,16,17,20,21);1-2,4-5H,3,7H2;1-4H,(H,12,14);3*1,3-4H2,2H3;2H,1H2;;/q;;;;;;;-1;+1. The van der Waals surface area contributed by atoms with Crippen LogP contribution in [0.5, 0.6) is 0 Å². The molecule has 0 fully saturated rings. The number of benzene rings is 3. The molecule has 0 saturated carbocycles. The predicted molar refractivity (Wildman–Crippen MR) is 296 cm³/mol. The van der Waals surface area contributed by atoms with E-state index in [-0.39, 0.29) is 0 Å². The second kappa shape index (κ2) is 26.0. The number of aromatic amines is 2. The van der Waals surface area contributed by atoms with Crippen LogP contribution in [-0.4, -0.2) is 114 Å². The minimum atomic E-state index is -2.45. The van der Waals surface area contributed by atoms with Gasteiger partial charge in [-0.1, -0.05) is 66.4 Å². The van der Waals surface area contributed by atoms with E-state index >= 15 is 0 Å². The molecular weight excluding hydrogens is 1120 g/mol. The Labute approximate surface area is 452 Å². The molecule has 79 heavy (non-hydrogen) atoms. The summed E-state index contributed by atoms with van der Waals surface area (Å²) < 4.78 is 26.3. The summed E-state index contributed by atoms with van der Waals surface area (Å²) in [5.74, 6) is 0.646. The van der Waals surface area contributed by atoms with Crippen LogP contribution < -0.4 is 0 Å². The average molecular weight is 1170 g/mol. The van der Waals surface area contributed by atoms with E-state index in [9.17, 15) is 0 Å². The SMILES string of the molecule is C=CC#N.CCC[CH2][Sn]([CH2]CCC)([CH2]CCC)[N]=[N+]=[N-].N#CCCn1c2ccccc2c2nc3nonc3nc21.c1ccc2c(c1)c1nc3nonc3nc1n2CCc1nn[nH]n1.c1ccc2c(c1)nc1nc3no[nH]c3nc12. The number of rotatable bonds is 15. The molecule has 0 atom stereocenters. The van der Waals surface area contributed by atoms with Gasteiger partial charge in [0.2, 0.25) is 33.9 Å². The number of aromatic nitrogens is 19. The van der Waals surface area contributed by atoms with Gasteiger partial charge in [-0.2, -0.15) is 20.9 Å². The Morgan fingerprint density at radius 2 is 1.20 bits per heavy atom. The number of unbranched alkanes of at least 4 members (excludes halogenated alkanes) is 3. The number of aryl methyl sites for hydroxylation is 3. The number of nitrogens with zero attached hydrogens (tertiary/aromatic N) is 22. The van der Waals surface area contributed by atoms with Crippen molar-refractivity contribution in [3.63, 3.8) is 0 Å². The molecule has 13 rings (SSSR count). The van der Waals surface area contributed by atoms with Crippen LogP contribution in [0.15, 0.2) is 103 Å². The quantitative estimate of drug-likeness (QED) is 0.0316. The van der Waals surface area contributed by atoms with Crippen molar-refractivity contribution in [2.75, 3.05) is 0 Å². The maximum absolute atomic E-state index is 8.81. The van der Waals surface area contributed by atoms with Crippen molar-refractivity contribution >= 4 is 119 Å². The molecule has 0 aliphatic carbocycles. The Morgan fingerprint density at radius 3 is 1.73 bits per heavy atom. The van der Waals surface area contributed by atoms with Gasteiger partial charge in [-0.05, 0) is 44.0 Å². The van der Waals surface area contributed by atoms with Crippen LogP contribution in [0, 0.1) is 22.7 Å². The fourth-order valence-corrected chi connectivity index (χ4v) is 21.3. The molecule has 0 aliphatic rings. The number of hydrogen-bond donors (Lipinski definition) is 2. The largest absolute Gasteiger partial charge is 0.323 e. The van der Waals surface area contributed by atoms with Crippen molar-refractivity contribution in [2.24, 2.45) is 3.34 Å². The van der Waals surface area contributed by atoms with Gasteiger partial charge in [-0.3, -0.25) is 4.63 Å². The smallest absolute Gasteiger partial charge is 0.245 e. The zero-order valence-electron chi connectivity index (χ0n) is 43.5. The molecule has 3 aromatic carbocycles. The Balaban J connectivity index is 0.000000126. The topological polar surface area (TPSA) is 371 Å². The molecule has 28 heteroatoms. The molecule has 13 aromatic rings. The molecule has 27 nitrogen and oxygen atoms in total. The second-order valence-electron chi connectivity index (χ2n) is 18.0. The number of H-pyrrole nitrogens is 2. The summed E-state index contributed by atoms with van der Waals surface area (Å²) in [6.45, 7) is 11.0. The van der Waals surface area contributed by atoms with Crippen LogP contribution in [-0.2, 0) is 19.5 Å². The van der Waals surface area contributed by atoms with Crippen LogP contribution in [0.25, 0.3) is 111 Å². The van der Waals surface area contributed by atoms with E-state index in [4.69, 9.17) is 20.7 Å². The summed E-state index contributed by atoms with van der Waals surface area (Å²) in [6, 6.07) is 27.5. The first kappa shape index (κ1) is 54.2. The van der Waals surface area contributed by atoms with Crippen molar-refractivity contribution in [3.05, 3.63) is 102 Å². The molecule has 10 aromatic heterocycles. The van der Waals surface area contributed by atoms with Crippen molar-refractivity contribution in [2.45, 2.75) is 98.5 Å². The summed E-state index contributed by atoms with van der Waals surface area (Å²) in [6.07, 6.45) is 9.72. The van der Waals surface area contributed by atoms with Gasteiger partial charge in [0.15, 0.2) is 22.8 Å². The molecule has 0 aliphatic heterocycles. The number of para-hydroxylation sites is 3. The van der Waals surface area contributed by atoms with Gasteiger partial charge in [0, 0.05) is 41.7 Å². The van der Waals surface area contributed by atoms with Gasteiger partial charge in [0.05, 0.1) is 35.1 Å². The zero-order valence-corrected chi connectivity index (χ0v) is 46.3. The van der Waals surface area contributed by atoms with E-state index in [1.807, 2.05) is 77.4 Å². The third kappa shape index (κ3) is 12.2.